The number of nitrogens with one attached hydrogen (secondary N) is 1. The van der Waals surface area contributed by atoms with Crippen molar-refractivity contribution in [2.24, 2.45) is 5.92 Å². The molecule has 0 amide bonds. The molecule has 0 saturated carbocycles. The Balaban J connectivity index is 2.23. The zero-order valence-electron chi connectivity index (χ0n) is 11.4. The first-order valence-corrected chi connectivity index (χ1v) is 9.00. The third kappa shape index (κ3) is 6.91. The van der Waals surface area contributed by atoms with E-state index in [0.29, 0.717) is 18.0 Å². The van der Waals surface area contributed by atoms with Crippen molar-refractivity contribution >= 4 is 8.56 Å². The maximum absolute atomic E-state index is 10.0. The quantitative estimate of drug-likeness (QED) is 0.497. The van der Waals surface area contributed by atoms with E-state index < -0.39 is 8.56 Å². The molecule has 0 aromatic heterocycles. The van der Waals surface area contributed by atoms with Crippen LogP contribution in [0, 0.1) is 5.92 Å². The second-order valence-corrected chi connectivity index (χ2v) is 8.16. The summed E-state index contributed by atoms with van der Waals surface area (Å²) in [7, 11) is -3.06. The molecule has 0 heterocycles. The van der Waals surface area contributed by atoms with Crippen molar-refractivity contribution in [1.29, 1.82) is 0 Å². The maximum atomic E-state index is 10.0. The van der Waals surface area contributed by atoms with E-state index in [1.807, 2.05) is 30.3 Å². The summed E-state index contributed by atoms with van der Waals surface area (Å²) in [5, 5.41) is 3.32. The molecule has 0 radical (unpaired) electrons. The van der Waals surface area contributed by atoms with Crippen molar-refractivity contribution in [3.63, 3.8) is 0 Å². The standard InChI is InChI=1S/C14H25NO2Si/c1-13(2)11-15-9-6-10-18(16,17)12-14-7-4-3-5-8-14/h3-5,7-8,13,15-17H,6,9-12H2,1-2H3. The lowest BCUT2D eigenvalue weighted by Gasteiger charge is -2.18. The first kappa shape index (κ1) is 15.4. The Kier molecular flexibility index (Phi) is 6.57. The van der Waals surface area contributed by atoms with Crippen molar-refractivity contribution in [3.8, 4) is 0 Å². The lowest BCUT2D eigenvalue weighted by Crippen LogP contribution is -2.38. The van der Waals surface area contributed by atoms with Gasteiger partial charge in [-0.1, -0.05) is 44.2 Å². The van der Waals surface area contributed by atoms with Gasteiger partial charge >= 0.3 is 8.56 Å². The molecule has 102 valence electrons. The van der Waals surface area contributed by atoms with Crippen LogP contribution in [0.2, 0.25) is 6.04 Å². The Bertz CT molecular complexity index is 328. The summed E-state index contributed by atoms with van der Waals surface area (Å²) in [5.41, 5.74) is 1.02. The second kappa shape index (κ2) is 7.69. The fourth-order valence-corrected chi connectivity index (χ4v) is 3.71. The van der Waals surface area contributed by atoms with Gasteiger partial charge < -0.3 is 14.9 Å². The van der Waals surface area contributed by atoms with Gasteiger partial charge in [0.05, 0.1) is 0 Å². The SMILES string of the molecule is CC(C)CNCCC[Si](O)(O)Cc1ccccc1. The van der Waals surface area contributed by atoms with Crippen LogP contribution in [-0.2, 0) is 6.04 Å². The topological polar surface area (TPSA) is 52.5 Å². The van der Waals surface area contributed by atoms with Gasteiger partial charge in [0.1, 0.15) is 0 Å². The van der Waals surface area contributed by atoms with Gasteiger partial charge in [0.15, 0.2) is 0 Å². The first-order chi connectivity index (χ1) is 8.49. The fourth-order valence-electron chi connectivity index (χ4n) is 1.90. The highest BCUT2D eigenvalue weighted by Crippen LogP contribution is 2.12. The van der Waals surface area contributed by atoms with E-state index in [4.69, 9.17) is 0 Å². The molecule has 0 spiro atoms. The molecule has 4 heteroatoms. The zero-order chi connectivity index (χ0) is 13.4. The molecule has 0 atom stereocenters. The third-order valence-corrected chi connectivity index (χ3v) is 4.94. The lowest BCUT2D eigenvalue weighted by molar-refractivity contribution is 0.353. The van der Waals surface area contributed by atoms with Crippen LogP contribution in [0.4, 0.5) is 0 Å². The van der Waals surface area contributed by atoms with Gasteiger partial charge in [-0.05, 0) is 37.0 Å². The Labute approximate surface area is 111 Å². The van der Waals surface area contributed by atoms with Crippen LogP contribution in [0.1, 0.15) is 25.8 Å². The minimum absolute atomic E-state index is 0.429. The Morgan fingerprint density at radius 3 is 2.44 bits per heavy atom. The maximum Gasteiger partial charge on any atom is 0.337 e. The lowest BCUT2D eigenvalue weighted by atomic mass is 10.2. The normalized spacial score (nSPS) is 12.1. The number of benzene rings is 1. The predicted octanol–water partition coefficient (Wildman–Crippen LogP) is 1.83. The third-order valence-electron chi connectivity index (χ3n) is 2.81. The number of hydrogen-bond donors (Lipinski definition) is 3. The Morgan fingerprint density at radius 1 is 1.17 bits per heavy atom. The van der Waals surface area contributed by atoms with Gasteiger partial charge in [-0.3, -0.25) is 0 Å². The van der Waals surface area contributed by atoms with Gasteiger partial charge in [-0.15, -0.1) is 0 Å². The van der Waals surface area contributed by atoms with E-state index in [9.17, 15) is 9.59 Å². The molecule has 0 aliphatic carbocycles. The first-order valence-electron chi connectivity index (χ1n) is 6.69. The van der Waals surface area contributed by atoms with Crippen LogP contribution < -0.4 is 5.32 Å². The molecule has 0 fully saturated rings. The van der Waals surface area contributed by atoms with Gasteiger partial charge in [0, 0.05) is 6.04 Å². The summed E-state index contributed by atoms with van der Waals surface area (Å²) < 4.78 is 0. The number of hydrogen-bond acceptors (Lipinski definition) is 3. The molecule has 1 aromatic carbocycles. The average molecular weight is 267 g/mol. The van der Waals surface area contributed by atoms with E-state index in [1.54, 1.807) is 0 Å². The molecule has 1 rings (SSSR count). The molecule has 0 bridgehead atoms. The molecule has 3 nitrogen and oxygen atoms in total. The summed E-state index contributed by atoms with van der Waals surface area (Å²) >= 11 is 0. The van der Waals surface area contributed by atoms with E-state index in [0.717, 1.165) is 25.1 Å². The summed E-state index contributed by atoms with van der Waals surface area (Å²) in [6.45, 7) is 6.19. The number of rotatable bonds is 8. The van der Waals surface area contributed by atoms with Gasteiger partial charge in [-0.2, -0.15) is 0 Å². The van der Waals surface area contributed by atoms with E-state index in [-0.39, 0.29) is 0 Å². The van der Waals surface area contributed by atoms with Crippen LogP contribution in [0.3, 0.4) is 0 Å². The van der Waals surface area contributed by atoms with Crippen LogP contribution >= 0.6 is 0 Å². The van der Waals surface area contributed by atoms with Crippen molar-refractivity contribution in [2.45, 2.75) is 32.4 Å². The molecule has 0 unspecified atom stereocenters. The summed E-state index contributed by atoms with van der Waals surface area (Å²) in [6, 6.07) is 10.7. The van der Waals surface area contributed by atoms with E-state index in [2.05, 4.69) is 19.2 Å². The summed E-state index contributed by atoms with van der Waals surface area (Å²) in [6.07, 6.45) is 0.832. The predicted molar refractivity (Wildman–Crippen MR) is 77.5 cm³/mol. The Hall–Kier alpha value is -0.683. The highest BCUT2D eigenvalue weighted by atomic mass is 28.4. The summed E-state index contributed by atoms with van der Waals surface area (Å²) in [5.74, 6) is 0.638. The fraction of sp³-hybridized carbons (Fsp3) is 0.571. The molecule has 3 N–H and O–H groups in total. The summed E-state index contributed by atoms with van der Waals surface area (Å²) in [4.78, 5) is 20.1. The Morgan fingerprint density at radius 2 is 1.83 bits per heavy atom. The van der Waals surface area contributed by atoms with Crippen LogP contribution in [0.15, 0.2) is 30.3 Å². The van der Waals surface area contributed by atoms with E-state index in [1.165, 1.54) is 0 Å². The molecule has 18 heavy (non-hydrogen) atoms. The van der Waals surface area contributed by atoms with Crippen molar-refractivity contribution in [1.82, 2.24) is 5.32 Å². The molecule has 0 aliphatic rings. The average Bonchev–Trinajstić information content (AvgIpc) is 2.28. The van der Waals surface area contributed by atoms with E-state index >= 15 is 0 Å². The minimum Gasteiger partial charge on any atom is -0.410 e. The highest BCUT2D eigenvalue weighted by Gasteiger charge is 2.28. The smallest absolute Gasteiger partial charge is 0.337 e. The van der Waals surface area contributed by atoms with Crippen molar-refractivity contribution in [2.75, 3.05) is 13.1 Å². The van der Waals surface area contributed by atoms with Gasteiger partial charge in [0.25, 0.3) is 0 Å². The monoisotopic (exact) mass is 267 g/mol. The van der Waals surface area contributed by atoms with Gasteiger partial charge in [-0.25, -0.2) is 0 Å². The zero-order valence-corrected chi connectivity index (χ0v) is 12.4. The molecule has 0 aliphatic heterocycles. The molecular formula is C14H25NO2Si. The highest BCUT2D eigenvalue weighted by molar-refractivity contribution is 6.64. The molecule has 1 aromatic rings. The van der Waals surface area contributed by atoms with Crippen LogP contribution in [0.25, 0.3) is 0 Å². The molecular weight excluding hydrogens is 242 g/mol. The van der Waals surface area contributed by atoms with Gasteiger partial charge in [0.2, 0.25) is 0 Å². The van der Waals surface area contributed by atoms with Crippen molar-refractivity contribution < 1.29 is 9.59 Å². The largest absolute Gasteiger partial charge is 0.410 e. The van der Waals surface area contributed by atoms with Crippen LogP contribution in [-0.4, -0.2) is 31.2 Å². The van der Waals surface area contributed by atoms with Crippen molar-refractivity contribution in [3.05, 3.63) is 35.9 Å². The molecule has 0 saturated heterocycles. The van der Waals surface area contributed by atoms with Crippen LogP contribution in [0.5, 0.6) is 0 Å². The minimum atomic E-state index is -3.06. The second-order valence-electron chi connectivity index (χ2n) is 5.35.